The maximum atomic E-state index is 12.4. The Kier molecular flexibility index (Phi) is 7.19. The number of nitrogens with zero attached hydrogens (tertiary/aromatic N) is 1. The average molecular weight is 441 g/mol. The van der Waals surface area contributed by atoms with E-state index in [1.165, 1.54) is 16.4 Å². The van der Waals surface area contributed by atoms with Crippen molar-refractivity contribution in [1.29, 1.82) is 0 Å². The number of hydrogen-bond donors (Lipinski definition) is 1. The second-order valence-corrected chi connectivity index (χ2v) is 8.17. The Hall–Kier alpha value is -1.90. The Balaban J connectivity index is 1.98. The van der Waals surface area contributed by atoms with E-state index < -0.39 is 10.0 Å². The number of halogens is 1. The van der Waals surface area contributed by atoms with Crippen LogP contribution in [-0.2, 0) is 14.8 Å². The number of hydrogen-bond acceptors (Lipinski definition) is 4. The number of rotatable bonds is 8. The minimum Gasteiger partial charge on any atom is -0.483 e. The van der Waals surface area contributed by atoms with E-state index in [0.29, 0.717) is 24.5 Å². The van der Waals surface area contributed by atoms with E-state index >= 15 is 0 Å². The fourth-order valence-corrected chi connectivity index (χ4v) is 4.18. The van der Waals surface area contributed by atoms with Crippen LogP contribution in [0.5, 0.6) is 5.75 Å². The van der Waals surface area contributed by atoms with Gasteiger partial charge in [0.2, 0.25) is 10.0 Å². The third-order valence-corrected chi connectivity index (χ3v) is 6.40. The highest BCUT2D eigenvalue weighted by atomic mass is 79.9. The highest BCUT2D eigenvalue weighted by molar-refractivity contribution is 9.10. The van der Waals surface area contributed by atoms with E-state index in [1.807, 2.05) is 18.2 Å². The number of nitrogens with one attached hydrogen (secondary N) is 1. The number of sulfonamides is 1. The van der Waals surface area contributed by atoms with E-state index in [0.717, 1.165) is 4.47 Å². The first-order valence-corrected chi connectivity index (χ1v) is 10.4. The van der Waals surface area contributed by atoms with Crippen molar-refractivity contribution in [2.24, 2.45) is 0 Å². The van der Waals surface area contributed by atoms with Gasteiger partial charge in [-0.15, -0.1) is 0 Å². The predicted octanol–water partition coefficient (Wildman–Crippen LogP) is 3.50. The molecular weight excluding hydrogens is 420 g/mol. The molecule has 6 nitrogen and oxygen atoms in total. The minimum atomic E-state index is -3.51. The molecular formula is C18H21BrN2O4S. The quantitative estimate of drug-likeness (QED) is 0.681. The van der Waals surface area contributed by atoms with Crippen molar-refractivity contribution < 1.29 is 17.9 Å². The van der Waals surface area contributed by atoms with Crippen molar-refractivity contribution in [3.63, 3.8) is 0 Å². The summed E-state index contributed by atoms with van der Waals surface area (Å²) in [6.45, 7) is 4.25. The largest absolute Gasteiger partial charge is 0.483 e. The van der Waals surface area contributed by atoms with Crippen molar-refractivity contribution >= 4 is 37.5 Å². The van der Waals surface area contributed by atoms with Crippen LogP contribution in [0.2, 0.25) is 0 Å². The zero-order valence-electron chi connectivity index (χ0n) is 14.6. The van der Waals surface area contributed by atoms with Gasteiger partial charge in [0.05, 0.1) is 9.37 Å². The molecule has 0 radical (unpaired) electrons. The third kappa shape index (κ3) is 5.06. The highest BCUT2D eigenvalue weighted by Crippen LogP contribution is 2.23. The molecule has 0 aliphatic heterocycles. The van der Waals surface area contributed by atoms with Crippen molar-refractivity contribution in [1.82, 2.24) is 4.31 Å². The average Bonchev–Trinajstić information content (AvgIpc) is 2.62. The minimum absolute atomic E-state index is 0.151. The molecule has 0 bridgehead atoms. The fraction of sp³-hybridized carbons (Fsp3) is 0.278. The topological polar surface area (TPSA) is 75.7 Å². The van der Waals surface area contributed by atoms with Gasteiger partial charge in [-0.2, -0.15) is 4.31 Å². The van der Waals surface area contributed by atoms with Gasteiger partial charge >= 0.3 is 0 Å². The molecule has 0 saturated heterocycles. The normalized spacial score (nSPS) is 11.4. The van der Waals surface area contributed by atoms with Crippen molar-refractivity contribution in [3.05, 3.63) is 53.0 Å². The monoisotopic (exact) mass is 440 g/mol. The first-order chi connectivity index (χ1) is 12.4. The molecule has 8 heteroatoms. The van der Waals surface area contributed by atoms with E-state index in [9.17, 15) is 13.2 Å². The summed E-state index contributed by atoms with van der Waals surface area (Å²) in [7, 11) is -3.51. The molecule has 26 heavy (non-hydrogen) atoms. The summed E-state index contributed by atoms with van der Waals surface area (Å²) in [6, 6.07) is 13.3. The second kappa shape index (κ2) is 9.16. The van der Waals surface area contributed by atoms with Gasteiger partial charge in [0.25, 0.3) is 5.91 Å². The molecule has 2 aromatic rings. The van der Waals surface area contributed by atoms with E-state index in [4.69, 9.17) is 4.74 Å². The van der Waals surface area contributed by atoms with Gasteiger partial charge in [0.15, 0.2) is 6.61 Å². The zero-order valence-corrected chi connectivity index (χ0v) is 17.0. The van der Waals surface area contributed by atoms with Gasteiger partial charge in [0, 0.05) is 18.8 Å². The molecule has 0 atom stereocenters. The first-order valence-electron chi connectivity index (χ1n) is 8.15. The molecule has 0 unspecified atom stereocenters. The van der Waals surface area contributed by atoms with E-state index in [2.05, 4.69) is 21.2 Å². The van der Waals surface area contributed by atoms with Crippen LogP contribution in [0.15, 0.2) is 57.9 Å². The highest BCUT2D eigenvalue weighted by Gasteiger charge is 2.21. The van der Waals surface area contributed by atoms with Crippen LogP contribution in [-0.4, -0.2) is 38.3 Å². The smallest absolute Gasteiger partial charge is 0.262 e. The van der Waals surface area contributed by atoms with Gasteiger partial charge in [-0.25, -0.2) is 8.42 Å². The Morgan fingerprint density at radius 2 is 1.69 bits per heavy atom. The molecule has 0 saturated carbocycles. The van der Waals surface area contributed by atoms with Crippen molar-refractivity contribution in [2.45, 2.75) is 18.7 Å². The Bertz CT molecular complexity index is 850. The van der Waals surface area contributed by atoms with Gasteiger partial charge in [0.1, 0.15) is 5.75 Å². The van der Waals surface area contributed by atoms with Gasteiger partial charge in [-0.3, -0.25) is 4.79 Å². The molecule has 2 rings (SSSR count). The maximum Gasteiger partial charge on any atom is 0.262 e. The summed E-state index contributed by atoms with van der Waals surface area (Å²) in [5.41, 5.74) is 0.504. The Morgan fingerprint density at radius 1 is 1.08 bits per heavy atom. The number of amides is 1. The lowest BCUT2D eigenvalue weighted by Crippen LogP contribution is -2.30. The van der Waals surface area contributed by atoms with Crippen molar-refractivity contribution in [3.8, 4) is 5.75 Å². The van der Waals surface area contributed by atoms with Crippen LogP contribution in [0.4, 0.5) is 5.69 Å². The zero-order chi connectivity index (χ0) is 19.2. The number of anilines is 1. The molecule has 1 amide bonds. The summed E-state index contributed by atoms with van der Waals surface area (Å²) in [4.78, 5) is 12.2. The lowest BCUT2D eigenvalue weighted by Gasteiger charge is -2.18. The number of ether oxygens (including phenoxy) is 1. The molecule has 2 aromatic carbocycles. The molecule has 0 spiro atoms. The van der Waals surface area contributed by atoms with Crippen molar-refractivity contribution in [2.75, 3.05) is 25.0 Å². The fourth-order valence-electron chi connectivity index (χ4n) is 2.32. The number of carbonyl (C=O) groups excluding carboxylic acids is 1. The molecule has 1 N–H and O–H groups in total. The van der Waals surface area contributed by atoms with Crippen LogP contribution in [0.1, 0.15) is 13.8 Å². The summed E-state index contributed by atoms with van der Waals surface area (Å²) in [5, 5.41) is 2.68. The lowest BCUT2D eigenvalue weighted by atomic mass is 10.3. The predicted molar refractivity (Wildman–Crippen MR) is 105 cm³/mol. The summed E-state index contributed by atoms with van der Waals surface area (Å²) in [5.74, 6) is 0.239. The summed E-state index contributed by atoms with van der Waals surface area (Å²) in [6.07, 6.45) is 0. The third-order valence-electron chi connectivity index (χ3n) is 3.68. The van der Waals surface area contributed by atoms with Crippen LogP contribution < -0.4 is 10.1 Å². The Morgan fingerprint density at radius 3 is 2.27 bits per heavy atom. The molecule has 0 fully saturated rings. The summed E-state index contributed by atoms with van der Waals surface area (Å²) < 4.78 is 32.5. The Labute approximate surface area is 162 Å². The molecule has 0 aromatic heterocycles. The maximum absolute atomic E-state index is 12.4. The number of para-hydroxylation sites is 1. The molecule has 0 heterocycles. The first kappa shape index (κ1) is 20.4. The lowest BCUT2D eigenvalue weighted by molar-refractivity contribution is -0.118. The van der Waals surface area contributed by atoms with Crippen LogP contribution in [0.25, 0.3) is 0 Å². The van der Waals surface area contributed by atoms with Crippen LogP contribution in [0.3, 0.4) is 0 Å². The van der Waals surface area contributed by atoms with Gasteiger partial charge in [-0.1, -0.05) is 26.0 Å². The standard InChI is InChI=1S/C18H21BrN2O4S/c1-3-21(4-2)26(23,24)15-11-9-14(10-12-15)20-18(22)13-25-17-8-6-5-7-16(17)19/h5-12H,3-4,13H2,1-2H3,(H,20,22). The number of carbonyl (C=O) groups is 1. The SMILES string of the molecule is CCN(CC)S(=O)(=O)c1ccc(NC(=O)COc2ccccc2Br)cc1. The van der Waals surface area contributed by atoms with Gasteiger partial charge in [-0.05, 0) is 52.3 Å². The van der Waals surface area contributed by atoms with Gasteiger partial charge < -0.3 is 10.1 Å². The van der Waals surface area contributed by atoms with Crippen LogP contribution >= 0.6 is 15.9 Å². The van der Waals surface area contributed by atoms with Crippen LogP contribution in [0, 0.1) is 0 Å². The summed E-state index contributed by atoms with van der Waals surface area (Å²) >= 11 is 3.35. The van der Waals surface area contributed by atoms with E-state index in [-0.39, 0.29) is 17.4 Å². The second-order valence-electron chi connectivity index (χ2n) is 5.38. The molecule has 140 valence electrons. The van der Waals surface area contributed by atoms with E-state index in [1.54, 1.807) is 32.0 Å². The molecule has 0 aliphatic carbocycles. The molecule has 0 aliphatic rings. The number of benzene rings is 2.